The molecule has 0 aliphatic rings. The first-order valence-corrected chi connectivity index (χ1v) is 6.71. The fourth-order valence-electron chi connectivity index (χ4n) is 1.86. The maximum absolute atomic E-state index is 12.1. The number of H-pyrrole nitrogens is 1. The minimum atomic E-state index is -0.223. The average Bonchev–Trinajstić information content (AvgIpc) is 2.84. The molecule has 2 amide bonds. The van der Waals surface area contributed by atoms with Crippen LogP contribution in [0.4, 0.5) is 10.5 Å². The summed E-state index contributed by atoms with van der Waals surface area (Å²) in [6, 6.07) is 7.20. The van der Waals surface area contributed by atoms with Crippen LogP contribution in [0, 0.1) is 6.92 Å². The quantitative estimate of drug-likeness (QED) is 0.798. The number of aryl methyl sites for hydroxylation is 1. The van der Waals surface area contributed by atoms with Crippen LogP contribution in [0.25, 0.3) is 0 Å². The highest BCUT2D eigenvalue weighted by atomic mass is 16.2. The van der Waals surface area contributed by atoms with Gasteiger partial charge in [0, 0.05) is 18.8 Å². The predicted molar refractivity (Wildman–Crippen MR) is 80.6 cm³/mol. The number of nitrogens with zero attached hydrogens (tertiary/aromatic N) is 3. The van der Waals surface area contributed by atoms with Gasteiger partial charge in [-0.05, 0) is 31.5 Å². The molecule has 0 saturated carbocycles. The Labute approximate surface area is 123 Å². The second kappa shape index (κ2) is 6.36. The number of anilines is 1. The summed E-state index contributed by atoms with van der Waals surface area (Å²) in [5.41, 5.74) is 7.52. The second-order valence-corrected chi connectivity index (χ2v) is 5.04. The van der Waals surface area contributed by atoms with Gasteiger partial charge in [-0.3, -0.25) is 5.10 Å². The van der Waals surface area contributed by atoms with Gasteiger partial charge in [-0.25, -0.2) is 9.78 Å². The molecule has 0 radical (unpaired) electrons. The highest BCUT2D eigenvalue weighted by molar-refractivity contribution is 5.89. The van der Waals surface area contributed by atoms with Crippen LogP contribution >= 0.6 is 0 Å². The minimum absolute atomic E-state index is 0.0733. The summed E-state index contributed by atoms with van der Waals surface area (Å²) >= 11 is 0. The molecule has 2 aromatic rings. The lowest BCUT2D eigenvalue weighted by molar-refractivity contribution is 0.219. The van der Waals surface area contributed by atoms with Crippen LogP contribution in [0.15, 0.2) is 24.3 Å². The first kappa shape index (κ1) is 15.0. The first-order chi connectivity index (χ1) is 9.95. The van der Waals surface area contributed by atoms with Crippen LogP contribution < -0.4 is 11.1 Å². The minimum Gasteiger partial charge on any atom is -0.324 e. The molecule has 0 aliphatic heterocycles. The van der Waals surface area contributed by atoms with E-state index in [0.29, 0.717) is 18.1 Å². The normalized spacial score (nSPS) is 12.0. The van der Waals surface area contributed by atoms with Gasteiger partial charge in [-0.2, -0.15) is 5.10 Å². The molecular formula is C14H20N6O. The number of benzene rings is 1. The Hall–Kier alpha value is -2.41. The van der Waals surface area contributed by atoms with Crippen LogP contribution in [0.3, 0.4) is 0 Å². The number of carbonyl (C=O) groups is 1. The number of urea groups is 1. The Morgan fingerprint density at radius 3 is 2.90 bits per heavy atom. The van der Waals surface area contributed by atoms with E-state index in [1.807, 2.05) is 38.1 Å². The number of nitrogens with two attached hydrogens (primary N) is 1. The zero-order valence-electron chi connectivity index (χ0n) is 12.4. The Morgan fingerprint density at radius 1 is 1.52 bits per heavy atom. The van der Waals surface area contributed by atoms with Gasteiger partial charge in [-0.15, -0.1) is 0 Å². The van der Waals surface area contributed by atoms with E-state index in [0.717, 1.165) is 11.4 Å². The summed E-state index contributed by atoms with van der Waals surface area (Å²) in [5, 5.41) is 9.59. The third-order valence-corrected chi connectivity index (χ3v) is 3.03. The van der Waals surface area contributed by atoms with Gasteiger partial charge in [0.1, 0.15) is 5.82 Å². The fourth-order valence-corrected chi connectivity index (χ4v) is 1.86. The summed E-state index contributed by atoms with van der Waals surface area (Å²) in [6.07, 6.45) is 0. The van der Waals surface area contributed by atoms with Crippen molar-refractivity contribution in [2.75, 3.05) is 12.4 Å². The highest BCUT2D eigenvalue weighted by Gasteiger charge is 2.12. The average molecular weight is 288 g/mol. The van der Waals surface area contributed by atoms with Crippen molar-refractivity contribution in [1.82, 2.24) is 20.1 Å². The maximum Gasteiger partial charge on any atom is 0.321 e. The van der Waals surface area contributed by atoms with Gasteiger partial charge in [-0.1, -0.05) is 12.1 Å². The smallest absolute Gasteiger partial charge is 0.321 e. The molecular weight excluding hydrogens is 268 g/mol. The largest absolute Gasteiger partial charge is 0.324 e. The molecule has 1 heterocycles. The van der Waals surface area contributed by atoms with Crippen LogP contribution in [0.5, 0.6) is 0 Å². The van der Waals surface area contributed by atoms with E-state index in [9.17, 15) is 4.79 Å². The lowest BCUT2D eigenvalue weighted by atomic mass is 10.1. The van der Waals surface area contributed by atoms with Crippen molar-refractivity contribution in [2.24, 2.45) is 5.73 Å². The number of hydrogen-bond acceptors (Lipinski definition) is 4. The van der Waals surface area contributed by atoms with Crippen molar-refractivity contribution in [3.63, 3.8) is 0 Å². The summed E-state index contributed by atoms with van der Waals surface area (Å²) < 4.78 is 0. The molecule has 2 rings (SSSR count). The molecule has 1 unspecified atom stereocenters. The Bertz CT molecular complexity index is 621. The second-order valence-electron chi connectivity index (χ2n) is 5.04. The summed E-state index contributed by atoms with van der Waals surface area (Å²) in [6.45, 7) is 4.05. The number of nitrogens with one attached hydrogen (secondary N) is 2. The maximum atomic E-state index is 12.1. The molecule has 0 bridgehead atoms. The number of aromatic nitrogens is 3. The van der Waals surface area contributed by atoms with Gasteiger partial charge >= 0.3 is 6.03 Å². The van der Waals surface area contributed by atoms with E-state index in [-0.39, 0.29) is 12.1 Å². The van der Waals surface area contributed by atoms with Gasteiger partial charge in [0.05, 0.1) is 6.54 Å². The number of carbonyl (C=O) groups excluding carboxylic acids is 1. The highest BCUT2D eigenvalue weighted by Crippen LogP contribution is 2.16. The van der Waals surface area contributed by atoms with Crippen molar-refractivity contribution in [2.45, 2.75) is 26.4 Å². The lowest BCUT2D eigenvalue weighted by Gasteiger charge is -2.17. The van der Waals surface area contributed by atoms with Crippen molar-refractivity contribution in [1.29, 1.82) is 0 Å². The van der Waals surface area contributed by atoms with Gasteiger partial charge in [0.15, 0.2) is 5.82 Å². The van der Waals surface area contributed by atoms with Crippen LogP contribution in [0.1, 0.15) is 30.2 Å². The third kappa shape index (κ3) is 4.03. The molecule has 0 spiro atoms. The van der Waals surface area contributed by atoms with Gasteiger partial charge in [0.2, 0.25) is 0 Å². The standard InChI is InChI=1S/C14H20N6O/c1-9(15)11-5-4-6-12(7-11)17-14(21)20(3)8-13-16-10(2)18-19-13/h4-7,9H,8,15H2,1-3H3,(H,17,21)(H,16,18,19). The van der Waals surface area contributed by atoms with E-state index >= 15 is 0 Å². The molecule has 0 fully saturated rings. The molecule has 21 heavy (non-hydrogen) atoms. The molecule has 0 aliphatic carbocycles. The van der Waals surface area contributed by atoms with Crippen LogP contribution in [-0.4, -0.2) is 33.2 Å². The number of amides is 2. The molecule has 7 nitrogen and oxygen atoms in total. The van der Waals surface area contributed by atoms with E-state index < -0.39 is 0 Å². The third-order valence-electron chi connectivity index (χ3n) is 3.03. The molecule has 4 N–H and O–H groups in total. The van der Waals surface area contributed by atoms with E-state index in [4.69, 9.17) is 5.73 Å². The fraction of sp³-hybridized carbons (Fsp3) is 0.357. The lowest BCUT2D eigenvalue weighted by Crippen LogP contribution is -2.31. The summed E-state index contributed by atoms with van der Waals surface area (Å²) in [5.74, 6) is 1.30. The molecule has 1 aromatic carbocycles. The summed E-state index contributed by atoms with van der Waals surface area (Å²) in [7, 11) is 1.69. The van der Waals surface area contributed by atoms with Gasteiger partial charge in [0.25, 0.3) is 0 Å². The molecule has 7 heteroatoms. The number of aromatic amines is 1. The summed E-state index contributed by atoms with van der Waals surface area (Å²) in [4.78, 5) is 17.8. The van der Waals surface area contributed by atoms with Crippen molar-refractivity contribution in [3.8, 4) is 0 Å². The van der Waals surface area contributed by atoms with Gasteiger partial charge < -0.3 is 16.0 Å². The van der Waals surface area contributed by atoms with Crippen LogP contribution in [-0.2, 0) is 6.54 Å². The Balaban J connectivity index is 1.98. The van der Waals surface area contributed by atoms with E-state index in [1.54, 1.807) is 7.05 Å². The Morgan fingerprint density at radius 2 is 2.29 bits per heavy atom. The number of rotatable bonds is 4. The molecule has 0 saturated heterocycles. The Kier molecular flexibility index (Phi) is 4.54. The number of hydrogen-bond donors (Lipinski definition) is 3. The monoisotopic (exact) mass is 288 g/mol. The van der Waals surface area contributed by atoms with E-state index in [1.165, 1.54) is 4.90 Å². The predicted octanol–water partition coefficient (Wildman–Crippen LogP) is 1.80. The SMILES string of the molecule is Cc1nc(CN(C)C(=O)Nc2cccc(C(C)N)c2)n[nH]1. The van der Waals surface area contributed by atoms with E-state index in [2.05, 4.69) is 20.5 Å². The topological polar surface area (TPSA) is 99.9 Å². The molecule has 112 valence electrons. The first-order valence-electron chi connectivity index (χ1n) is 6.71. The van der Waals surface area contributed by atoms with Crippen molar-refractivity contribution in [3.05, 3.63) is 41.5 Å². The van der Waals surface area contributed by atoms with Crippen molar-refractivity contribution >= 4 is 11.7 Å². The van der Waals surface area contributed by atoms with Crippen molar-refractivity contribution < 1.29 is 4.79 Å². The molecule has 1 atom stereocenters. The van der Waals surface area contributed by atoms with Crippen LogP contribution in [0.2, 0.25) is 0 Å². The zero-order chi connectivity index (χ0) is 15.4. The molecule has 1 aromatic heterocycles. The zero-order valence-corrected chi connectivity index (χ0v) is 12.4.